The van der Waals surface area contributed by atoms with E-state index >= 15 is 0 Å². The summed E-state index contributed by atoms with van der Waals surface area (Å²) in [5.74, 6) is -5.28. The van der Waals surface area contributed by atoms with Gasteiger partial charge < -0.3 is 9.42 Å². The maximum absolute atomic E-state index is 11.1. The molecule has 142 valence electrons. The molecule has 0 aromatic heterocycles. The van der Waals surface area contributed by atoms with Gasteiger partial charge in [-0.25, -0.2) is 0 Å². The van der Waals surface area contributed by atoms with Crippen LogP contribution in [0.4, 0.5) is 13.2 Å². The molecule has 23 heavy (non-hydrogen) atoms. The average Bonchev–Trinajstić information content (AvgIpc) is 2.48. The summed E-state index contributed by atoms with van der Waals surface area (Å²) in [5, 5.41) is 0. The Morgan fingerprint density at radius 1 is 0.957 bits per heavy atom. The van der Waals surface area contributed by atoms with Crippen LogP contribution in [-0.2, 0) is 9.09 Å². The van der Waals surface area contributed by atoms with Crippen LogP contribution in [0.1, 0.15) is 59.3 Å². The Morgan fingerprint density at radius 3 is 1.39 bits per heavy atom. The molecule has 0 heterocycles. The molecule has 0 saturated heterocycles. The van der Waals surface area contributed by atoms with E-state index in [1.54, 1.807) is 18.5 Å². The summed E-state index contributed by atoms with van der Waals surface area (Å²) in [6, 6.07) is 0. The Morgan fingerprint density at radius 2 is 1.26 bits per heavy atom. The molecule has 0 spiro atoms. The van der Waals surface area contributed by atoms with Crippen molar-refractivity contribution in [2.75, 3.05) is 32.3 Å². The lowest BCUT2D eigenvalue weighted by molar-refractivity contribution is -0.236. The highest BCUT2D eigenvalue weighted by Gasteiger charge is 2.42. The third kappa shape index (κ3) is 12.4. The van der Waals surface area contributed by atoms with E-state index in [2.05, 4.69) is 32.0 Å². The highest BCUT2D eigenvalue weighted by Crippen LogP contribution is 2.57. The summed E-state index contributed by atoms with van der Waals surface area (Å²) in [4.78, 5) is 9.70. The summed E-state index contributed by atoms with van der Waals surface area (Å²) < 4.78 is 46.3. The lowest BCUT2D eigenvalue weighted by atomic mass is 10.4. The normalized spacial score (nSPS) is 14.8. The van der Waals surface area contributed by atoms with Crippen molar-refractivity contribution in [3.05, 3.63) is 0 Å². The van der Waals surface area contributed by atoms with E-state index in [9.17, 15) is 22.6 Å². The quantitative estimate of drug-likeness (QED) is 0.454. The molecular formula is C15H33F3O3P2. The topological polar surface area (TPSA) is 49.4 Å². The maximum Gasteiger partial charge on any atom is 0.451 e. The van der Waals surface area contributed by atoms with Crippen LogP contribution in [0.2, 0.25) is 0 Å². The minimum Gasteiger partial charge on any atom is -0.772 e. The molecule has 3 nitrogen and oxygen atoms in total. The summed E-state index contributed by atoms with van der Waals surface area (Å²) in [5.41, 5.74) is 0. The first-order valence-corrected chi connectivity index (χ1v) is 12.6. The van der Waals surface area contributed by atoms with Crippen LogP contribution in [0.5, 0.6) is 0 Å². The first kappa shape index (κ1) is 25.6. The van der Waals surface area contributed by atoms with Crippen molar-refractivity contribution < 1.29 is 27.2 Å². The fourth-order valence-electron chi connectivity index (χ4n) is 2.06. The molecule has 1 atom stereocenters. The number of hydrogen-bond acceptors (Lipinski definition) is 3. The van der Waals surface area contributed by atoms with Gasteiger partial charge in [0.15, 0.2) is 0 Å². The van der Waals surface area contributed by atoms with Crippen LogP contribution in [0, 0.1) is 0 Å². The van der Waals surface area contributed by atoms with Crippen molar-refractivity contribution in [2.45, 2.75) is 65.2 Å². The summed E-state index contributed by atoms with van der Waals surface area (Å²) in [7, 11) is -5.67. The van der Waals surface area contributed by atoms with Gasteiger partial charge in [-0.3, -0.25) is 4.57 Å². The molecule has 0 N–H and O–H groups in total. The number of halogens is 3. The number of rotatable bonds is 10. The van der Waals surface area contributed by atoms with E-state index in [1.807, 2.05) is 0 Å². The molecule has 0 fully saturated rings. The molecule has 0 bridgehead atoms. The molecule has 0 aliphatic carbocycles. The van der Waals surface area contributed by atoms with Gasteiger partial charge in [-0.2, -0.15) is 13.2 Å². The second-order valence-corrected chi connectivity index (χ2v) is 12.4. The van der Waals surface area contributed by atoms with Crippen molar-refractivity contribution in [1.82, 2.24) is 0 Å². The zero-order valence-corrected chi connectivity index (χ0v) is 16.9. The summed E-state index contributed by atoms with van der Waals surface area (Å²) in [6.07, 6.45) is 13.2. The van der Waals surface area contributed by atoms with Gasteiger partial charge in [-0.05, 0) is 19.3 Å². The van der Waals surface area contributed by atoms with Gasteiger partial charge in [-0.1, -0.05) is 40.0 Å². The Kier molecular flexibility index (Phi) is 14.1. The molecule has 1 unspecified atom stereocenters. The van der Waals surface area contributed by atoms with E-state index in [-0.39, 0.29) is 0 Å². The smallest absolute Gasteiger partial charge is 0.451 e. The van der Waals surface area contributed by atoms with Gasteiger partial charge >= 0.3 is 5.92 Å². The van der Waals surface area contributed by atoms with E-state index in [0.717, 1.165) is 0 Å². The molecule has 0 aliphatic rings. The van der Waals surface area contributed by atoms with E-state index in [4.69, 9.17) is 0 Å². The van der Waals surface area contributed by atoms with Crippen molar-refractivity contribution >= 4 is 14.9 Å². The van der Waals surface area contributed by atoms with E-state index in [1.165, 1.54) is 38.5 Å². The Bertz CT molecular complexity index is 315. The minimum atomic E-state index is -5.61. The Balaban J connectivity index is 0. The van der Waals surface area contributed by atoms with Gasteiger partial charge in [0.2, 0.25) is 7.60 Å². The fourth-order valence-corrected chi connectivity index (χ4v) is 6.18. The van der Waals surface area contributed by atoms with Crippen LogP contribution >= 0.6 is 14.9 Å². The van der Waals surface area contributed by atoms with E-state index < -0.39 is 20.8 Å². The fraction of sp³-hybridized carbons (Fsp3) is 1.00. The first-order valence-electron chi connectivity index (χ1n) is 8.26. The summed E-state index contributed by atoms with van der Waals surface area (Å²) >= 11 is 0. The maximum atomic E-state index is 11.1. The third-order valence-corrected chi connectivity index (χ3v) is 8.99. The number of unbranched alkanes of at least 4 members (excludes halogenated alkanes) is 3. The molecule has 0 amide bonds. The summed E-state index contributed by atoms with van der Waals surface area (Å²) in [6.45, 7) is 9.59. The highest BCUT2D eigenvalue weighted by atomic mass is 31.2. The Hall–Kier alpha value is 0.370. The standard InChI is InChI=1S/C13H30P.C2H4F3O3P/c1-5-8-11-14(4,12-9-6-2)13-10-7-3;1-8-9(6,7)2(3,4)5/h5-13H2,1-4H3;1H3,(H,6,7)/q+1;/p-1. The lowest BCUT2D eigenvalue weighted by Crippen LogP contribution is -2.19. The van der Waals surface area contributed by atoms with Gasteiger partial charge in [0.1, 0.15) is 0 Å². The lowest BCUT2D eigenvalue weighted by Gasteiger charge is -2.22. The molecule has 0 saturated carbocycles. The van der Waals surface area contributed by atoms with Crippen LogP contribution in [0.3, 0.4) is 0 Å². The van der Waals surface area contributed by atoms with Gasteiger partial charge in [0, 0.05) is 21.0 Å². The second-order valence-electron chi connectivity index (χ2n) is 6.00. The molecule has 0 rings (SSSR count). The number of alkyl halides is 3. The zero-order chi connectivity index (χ0) is 18.6. The zero-order valence-electron chi connectivity index (χ0n) is 15.1. The van der Waals surface area contributed by atoms with Crippen molar-refractivity contribution in [2.24, 2.45) is 0 Å². The van der Waals surface area contributed by atoms with Crippen LogP contribution in [0.15, 0.2) is 0 Å². The second kappa shape index (κ2) is 12.7. The SMILES string of the molecule is CCCC[P+](C)(CCCC)CCCC.COP(=O)([O-])C(F)(F)F. The first-order chi connectivity index (χ1) is 10.5. The largest absolute Gasteiger partial charge is 0.772 e. The van der Waals surface area contributed by atoms with Gasteiger partial charge in [0.25, 0.3) is 0 Å². The van der Waals surface area contributed by atoms with Crippen LogP contribution in [-0.4, -0.2) is 38.2 Å². The van der Waals surface area contributed by atoms with Gasteiger partial charge in [0.05, 0.1) is 18.5 Å². The average molecular weight is 380 g/mol. The molecule has 0 aromatic rings. The molecule has 0 aliphatic heterocycles. The van der Waals surface area contributed by atoms with Crippen LogP contribution < -0.4 is 4.89 Å². The monoisotopic (exact) mass is 380 g/mol. The van der Waals surface area contributed by atoms with Crippen molar-refractivity contribution in [3.8, 4) is 0 Å². The van der Waals surface area contributed by atoms with Gasteiger partial charge in [-0.15, -0.1) is 0 Å². The Labute approximate surface area is 140 Å². The van der Waals surface area contributed by atoms with Crippen LogP contribution in [0.25, 0.3) is 0 Å². The molecule has 0 radical (unpaired) electrons. The van der Waals surface area contributed by atoms with Crippen molar-refractivity contribution in [3.63, 3.8) is 0 Å². The highest BCUT2D eigenvalue weighted by molar-refractivity contribution is 7.75. The minimum absolute atomic E-state index is 0.460. The third-order valence-electron chi connectivity index (χ3n) is 3.71. The van der Waals surface area contributed by atoms with E-state index in [0.29, 0.717) is 7.11 Å². The number of hydrogen-bond donors (Lipinski definition) is 0. The molecule has 8 heteroatoms. The molecule has 0 aromatic carbocycles. The predicted octanol–water partition coefficient (Wildman–Crippen LogP) is 5.74. The predicted molar refractivity (Wildman–Crippen MR) is 92.8 cm³/mol. The van der Waals surface area contributed by atoms with Crippen molar-refractivity contribution in [1.29, 1.82) is 0 Å². The molecular weight excluding hydrogens is 347 g/mol.